The van der Waals surface area contributed by atoms with Gasteiger partial charge in [-0.25, -0.2) is 9.97 Å². The summed E-state index contributed by atoms with van der Waals surface area (Å²) in [5, 5.41) is 1.34. The summed E-state index contributed by atoms with van der Waals surface area (Å²) in [6.45, 7) is 0. The molecular weight excluding hydrogens is 313 g/mol. The summed E-state index contributed by atoms with van der Waals surface area (Å²) in [6, 6.07) is 2.32. The van der Waals surface area contributed by atoms with Crippen LogP contribution in [0, 0.1) is 0 Å². The van der Waals surface area contributed by atoms with Crippen molar-refractivity contribution in [1.29, 1.82) is 0 Å². The summed E-state index contributed by atoms with van der Waals surface area (Å²) in [5.74, 6) is 1.32. The maximum absolute atomic E-state index is 6.08. The zero-order valence-electron chi connectivity index (χ0n) is 11.4. The molecule has 1 saturated carbocycles. The Morgan fingerprint density at radius 3 is 3.05 bits per heavy atom. The lowest BCUT2D eigenvalue weighted by atomic mass is 9.94. The molecule has 0 N–H and O–H groups in total. The van der Waals surface area contributed by atoms with Gasteiger partial charge in [-0.3, -0.25) is 0 Å². The van der Waals surface area contributed by atoms with Gasteiger partial charge in [0.25, 0.3) is 0 Å². The number of rotatable bonds is 3. The Morgan fingerprint density at radius 1 is 1.45 bits per heavy atom. The molecule has 6 heteroatoms. The smallest absolute Gasteiger partial charge is 0.160 e. The summed E-state index contributed by atoms with van der Waals surface area (Å²) in [6.07, 6.45) is 8.79. The van der Waals surface area contributed by atoms with Crippen molar-refractivity contribution in [2.24, 2.45) is 0 Å². The van der Waals surface area contributed by atoms with Crippen molar-refractivity contribution in [1.82, 2.24) is 14.5 Å². The van der Waals surface area contributed by atoms with Gasteiger partial charge in [0.05, 0.1) is 10.9 Å². The quantitative estimate of drug-likeness (QED) is 0.766. The molecule has 2 aromatic heterocycles. The summed E-state index contributed by atoms with van der Waals surface area (Å²) >= 11 is 14.1. The highest BCUT2D eigenvalue weighted by molar-refractivity contribution is 7.99. The molecule has 108 valence electrons. The van der Waals surface area contributed by atoms with E-state index in [0.29, 0.717) is 16.9 Å². The lowest BCUT2D eigenvalue weighted by Gasteiger charge is -2.30. The number of hydrogen-bond donors (Lipinski definition) is 0. The van der Waals surface area contributed by atoms with Crippen molar-refractivity contribution in [2.75, 3.05) is 6.26 Å². The van der Waals surface area contributed by atoms with Gasteiger partial charge >= 0.3 is 0 Å². The number of nitrogens with zero attached hydrogens (tertiary/aromatic N) is 3. The van der Waals surface area contributed by atoms with E-state index in [-0.39, 0.29) is 0 Å². The molecule has 2 heterocycles. The van der Waals surface area contributed by atoms with Crippen molar-refractivity contribution >= 4 is 46.1 Å². The molecule has 1 aliphatic carbocycles. The van der Waals surface area contributed by atoms with Gasteiger partial charge in [0.1, 0.15) is 11.3 Å². The van der Waals surface area contributed by atoms with E-state index in [2.05, 4.69) is 20.8 Å². The standard InChI is InChI=1S/C14H17Cl2N3S/c1-20-11-4-2-3-10(6-11)19-13(7-15)18-12-5-9(16)8-17-14(12)19/h5,8,10-11H,2-4,6-7H2,1H3. The van der Waals surface area contributed by atoms with E-state index in [0.717, 1.165) is 22.2 Å². The Balaban J connectivity index is 2.04. The Kier molecular flexibility index (Phi) is 4.43. The van der Waals surface area contributed by atoms with E-state index in [9.17, 15) is 0 Å². The fourth-order valence-corrected chi connectivity index (χ4v) is 4.21. The topological polar surface area (TPSA) is 30.7 Å². The molecule has 0 amide bonds. The average molecular weight is 330 g/mol. The normalized spacial score (nSPS) is 23.4. The summed E-state index contributed by atoms with van der Waals surface area (Å²) in [7, 11) is 0. The van der Waals surface area contributed by atoms with Gasteiger partial charge in [0.15, 0.2) is 5.65 Å². The second kappa shape index (κ2) is 6.12. The highest BCUT2D eigenvalue weighted by Crippen LogP contribution is 2.36. The number of hydrogen-bond acceptors (Lipinski definition) is 3. The van der Waals surface area contributed by atoms with Crippen LogP contribution in [0.4, 0.5) is 0 Å². The highest BCUT2D eigenvalue weighted by atomic mass is 35.5. The molecule has 1 fully saturated rings. The maximum atomic E-state index is 6.08. The number of pyridine rings is 1. The molecule has 2 unspecified atom stereocenters. The van der Waals surface area contributed by atoms with Crippen LogP contribution < -0.4 is 0 Å². The van der Waals surface area contributed by atoms with Crippen LogP contribution in [0.15, 0.2) is 12.3 Å². The van der Waals surface area contributed by atoms with Crippen LogP contribution in [-0.4, -0.2) is 26.0 Å². The van der Waals surface area contributed by atoms with Gasteiger partial charge in [-0.15, -0.1) is 11.6 Å². The Morgan fingerprint density at radius 2 is 2.30 bits per heavy atom. The molecule has 3 nitrogen and oxygen atoms in total. The van der Waals surface area contributed by atoms with Crippen LogP contribution in [0.1, 0.15) is 37.5 Å². The van der Waals surface area contributed by atoms with Crippen LogP contribution in [0.5, 0.6) is 0 Å². The van der Waals surface area contributed by atoms with Gasteiger partial charge in [-0.1, -0.05) is 18.0 Å². The first-order valence-electron chi connectivity index (χ1n) is 6.84. The largest absolute Gasteiger partial charge is 0.309 e. The summed E-state index contributed by atoms with van der Waals surface area (Å²) < 4.78 is 2.24. The molecule has 2 atom stereocenters. The summed E-state index contributed by atoms with van der Waals surface area (Å²) in [5.41, 5.74) is 1.76. The van der Waals surface area contributed by atoms with E-state index in [1.165, 1.54) is 25.7 Å². The van der Waals surface area contributed by atoms with Crippen LogP contribution in [0.25, 0.3) is 11.2 Å². The van der Waals surface area contributed by atoms with Crippen molar-refractivity contribution in [3.05, 3.63) is 23.1 Å². The minimum absolute atomic E-state index is 0.411. The highest BCUT2D eigenvalue weighted by Gasteiger charge is 2.26. The van der Waals surface area contributed by atoms with E-state index < -0.39 is 0 Å². The zero-order valence-corrected chi connectivity index (χ0v) is 13.7. The lowest BCUT2D eigenvalue weighted by Crippen LogP contribution is -2.22. The fraction of sp³-hybridized carbons (Fsp3) is 0.571. The van der Waals surface area contributed by atoms with Gasteiger partial charge < -0.3 is 4.57 Å². The number of alkyl halides is 1. The lowest BCUT2D eigenvalue weighted by molar-refractivity contribution is 0.361. The van der Waals surface area contributed by atoms with Crippen LogP contribution in [0.2, 0.25) is 5.02 Å². The molecule has 1 aliphatic rings. The average Bonchev–Trinajstić information content (AvgIpc) is 2.84. The molecule has 0 radical (unpaired) electrons. The first-order valence-corrected chi connectivity index (χ1v) is 9.04. The summed E-state index contributed by atoms with van der Waals surface area (Å²) in [4.78, 5) is 9.07. The third kappa shape index (κ3) is 2.66. The third-order valence-electron chi connectivity index (χ3n) is 3.99. The molecule has 0 bridgehead atoms. The van der Waals surface area contributed by atoms with Gasteiger partial charge in [0, 0.05) is 17.5 Å². The number of halogens is 2. The monoisotopic (exact) mass is 329 g/mol. The van der Waals surface area contributed by atoms with Crippen LogP contribution >= 0.6 is 35.0 Å². The van der Waals surface area contributed by atoms with Crippen molar-refractivity contribution in [3.8, 4) is 0 Å². The fourth-order valence-electron chi connectivity index (χ4n) is 3.05. The van der Waals surface area contributed by atoms with E-state index in [1.54, 1.807) is 6.20 Å². The minimum atomic E-state index is 0.411. The molecule has 0 aromatic carbocycles. The molecule has 0 saturated heterocycles. The predicted molar refractivity (Wildman–Crippen MR) is 86.9 cm³/mol. The van der Waals surface area contributed by atoms with E-state index >= 15 is 0 Å². The Hall–Kier alpha value is -0.450. The van der Waals surface area contributed by atoms with Gasteiger partial charge in [0.2, 0.25) is 0 Å². The molecule has 2 aromatic rings. The van der Waals surface area contributed by atoms with Crippen molar-refractivity contribution in [2.45, 2.75) is 42.9 Å². The molecule has 20 heavy (non-hydrogen) atoms. The zero-order chi connectivity index (χ0) is 14.1. The second-order valence-corrected chi connectivity index (χ2v) is 7.05. The molecule has 3 rings (SSSR count). The van der Waals surface area contributed by atoms with E-state index in [1.807, 2.05) is 17.8 Å². The van der Waals surface area contributed by atoms with Crippen molar-refractivity contribution in [3.63, 3.8) is 0 Å². The molecule has 0 aliphatic heterocycles. The van der Waals surface area contributed by atoms with Crippen molar-refractivity contribution < 1.29 is 0 Å². The first-order chi connectivity index (χ1) is 9.72. The molecule has 0 spiro atoms. The minimum Gasteiger partial charge on any atom is -0.309 e. The predicted octanol–water partition coefficient (Wildman–Crippen LogP) is 4.67. The van der Waals surface area contributed by atoms with Gasteiger partial charge in [-0.2, -0.15) is 11.8 Å². The van der Waals surface area contributed by atoms with Crippen LogP contribution in [-0.2, 0) is 5.88 Å². The van der Waals surface area contributed by atoms with Crippen LogP contribution in [0.3, 0.4) is 0 Å². The maximum Gasteiger partial charge on any atom is 0.160 e. The first kappa shape index (κ1) is 14.5. The second-order valence-electron chi connectivity index (χ2n) is 5.21. The number of fused-ring (bicyclic) bond motifs is 1. The Labute approximate surface area is 133 Å². The van der Waals surface area contributed by atoms with Gasteiger partial charge in [-0.05, 0) is 31.6 Å². The third-order valence-corrected chi connectivity index (χ3v) is 5.53. The molecular formula is C14H17Cl2N3S. The SMILES string of the molecule is CSC1CCCC(n2c(CCl)nc3cc(Cl)cnc32)C1. The number of thioether (sulfide) groups is 1. The number of imidazole rings is 1. The Bertz CT molecular complexity index is 614. The number of aromatic nitrogens is 3. The van der Waals surface area contributed by atoms with E-state index in [4.69, 9.17) is 23.2 Å².